The Kier molecular flexibility index (Phi) is 4.64. The Morgan fingerprint density at radius 1 is 0.900 bits per heavy atom. The summed E-state index contributed by atoms with van der Waals surface area (Å²) in [6.45, 7) is 0. The van der Waals surface area contributed by atoms with Crippen LogP contribution in [-0.2, 0) is 0 Å². The van der Waals surface area contributed by atoms with Gasteiger partial charge in [-0.25, -0.2) is 4.98 Å². The van der Waals surface area contributed by atoms with E-state index in [0.717, 1.165) is 26.9 Å². The van der Waals surface area contributed by atoms with Crippen molar-refractivity contribution in [2.24, 2.45) is 0 Å². The van der Waals surface area contributed by atoms with Gasteiger partial charge in [0.15, 0.2) is 5.82 Å². The summed E-state index contributed by atoms with van der Waals surface area (Å²) in [7, 11) is 0. The molecule has 142 valence electrons. The number of rotatable bonds is 4. The molecule has 0 atom stereocenters. The molecule has 0 N–H and O–H groups in total. The Hall–Kier alpha value is -4.08. The van der Waals surface area contributed by atoms with Crippen molar-refractivity contribution in [2.75, 3.05) is 0 Å². The summed E-state index contributed by atoms with van der Waals surface area (Å²) in [6.07, 6.45) is 3.44. The molecule has 3 heterocycles. The zero-order chi connectivity index (χ0) is 20.3. The summed E-state index contributed by atoms with van der Waals surface area (Å²) < 4.78 is 6.20. The minimum atomic E-state index is 0.453. The van der Waals surface area contributed by atoms with Gasteiger partial charge in [-0.05, 0) is 35.9 Å². The van der Waals surface area contributed by atoms with Crippen molar-refractivity contribution < 1.29 is 4.74 Å². The number of aromatic nitrogens is 3. The lowest BCUT2D eigenvalue weighted by Gasteiger charge is -2.10. The molecule has 0 unspecified atom stereocenters. The molecule has 0 aliphatic carbocycles. The summed E-state index contributed by atoms with van der Waals surface area (Å²) in [5.41, 5.74) is 3.42. The Labute approximate surface area is 176 Å². The highest BCUT2D eigenvalue weighted by Gasteiger charge is 2.18. The molecule has 0 aliphatic heterocycles. The van der Waals surface area contributed by atoms with E-state index in [-0.39, 0.29) is 0 Å². The number of hydrogen-bond acceptors (Lipinski definition) is 6. The van der Waals surface area contributed by atoms with E-state index >= 15 is 0 Å². The van der Waals surface area contributed by atoms with Crippen LogP contribution < -0.4 is 4.74 Å². The van der Waals surface area contributed by atoms with Gasteiger partial charge in [0, 0.05) is 28.9 Å². The first-order chi connectivity index (χ1) is 14.8. The van der Waals surface area contributed by atoms with Gasteiger partial charge in [0.05, 0.1) is 17.0 Å². The fourth-order valence-corrected chi connectivity index (χ4v) is 4.12. The lowest BCUT2D eigenvalue weighted by molar-refractivity contribution is 0.469. The predicted octanol–water partition coefficient (Wildman–Crippen LogP) is 6.08. The molecule has 0 saturated heterocycles. The van der Waals surface area contributed by atoms with Crippen LogP contribution in [0.1, 0.15) is 5.56 Å². The standard InChI is InChI=1S/C24H14N4OS/c25-13-16-6-4-10-19(12-16)29-23-21-20(17-7-2-1-3-8-17)15-30-24(21)28-22(27-23)18-9-5-11-26-14-18/h1-12,14-15H. The zero-order valence-corrected chi connectivity index (χ0v) is 16.5. The highest BCUT2D eigenvalue weighted by molar-refractivity contribution is 7.17. The van der Waals surface area contributed by atoms with Crippen LogP contribution in [0.15, 0.2) is 84.5 Å². The van der Waals surface area contributed by atoms with E-state index in [9.17, 15) is 5.26 Å². The predicted molar refractivity (Wildman–Crippen MR) is 117 cm³/mol. The molecule has 6 heteroatoms. The maximum absolute atomic E-state index is 9.22. The van der Waals surface area contributed by atoms with Crippen molar-refractivity contribution in [3.63, 3.8) is 0 Å². The van der Waals surface area contributed by atoms with Crippen molar-refractivity contribution in [1.82, 2.24) is 15.0 Å². The smallest absolute Gasteiger partial charge is 0.232 e. The van der Waals surface area contributed by atoms with Gasteiger partial charge >= 0.3 is 0 Å². The molecule has 0 amide bonds. The van der Waals surface area contributed by atoms with Crippen LogP contribution in [-0.4, -0.2) is 15.0 Å². The number of ether oxygens (including phenoxy) is 1. The third kappa shape index (κ3) is 3.39. The first kappa shape index (κ1) is 18.0. The molecule has 5 nitrogen and oxygen atoms in total. The van der Waals surface area contributed by atoms with Crippen LogP contribution in [0.5, 0.6) is 11.6 Å². The molecule has 30 heavy (non-hydrogen) atoms. The number of nitriles is 1. The Balaban J connectivity index is 1.72. The summed E-state index contributed by atoms with van der Waals surface area (Å²) in [6, 6.07) is 23.0. The summed E-state index contributed by atoms with van der Waals surface area (Å²) >= 11 is 1.55. The molecule has 0 fully saturated rings. The van der Waals surface area contributed by atoms with E-state index in [1.807, 2.05) is 36.4 Å². The first-order valence-corrected chi connectivity index (χ1v) is 10.1. The number of pyridine rings is 1. The van der Waals surface area contributed by atoms with Gasteiger partial charge in [-0.1, -0.05) is 36.4 Å². The van der Waals surface area contributed by atoms with E-state index in [0.29, 0.717) is 23.0 Å². The van der Waals surface area contributed by atoms with Gasteiger partial charge in [-0.15, -0.1) is 11.3 Å². The third-order valence-corrected chi connectivity index (χ3v) is 5.45. The maximum atomic E-state index is 9.22. The van der Waals surface area contributed by atoms with Crippen molar-refractivity contribution in [3.05, 3.63) is 90.1 Å². The average molecular weight is 406 g/mol. The number of nitrogens with zero attached hydrogens (tertiary/aromatic N) is 4. The molecule has 0 aliphatic rings. The second-order valence-electron chi connectivity index (χ2n) is 6.53. The fraction of sp³-hybridized carbons (Fsp3) is 0. The normalized spacial score (nSPS) is 10.6. The van der Waals surface area contributed by atoms with Crippen LogP contribution in [0, 0.1) is 11.3 Å². The Morgan fingerprint density at radius 3 is 2.57 bits per heavy atom. The minimum absolute atomic E-state index is 0.453. The molecule has 0 spiro atoms. The van der Waals surface area contributed by atoms with Gasteiger partial charge in [0.25, 0.3) is 0 Å². The molecular formula is C24H14N4OS. The number of hydrogen-bond donors (Lipinski definition) is 0. The SMILES string of the molecule is N#Cc1cccc(Oc2nc(-c3cccnc3)nc3scc(-c4ccccc4)c23)c1. The molecule has 0 radical (unpaired) electrons. The largest absolute Gasteiger partial charge is 0.438 e. The van der Waals surface area contributed by atoms with Crippen molar-refractivity contribution >= 4 is 21.6 Å². The lowest BCUT2D eigenvalue weighted by atomic mass is 10.1. The van der Waals surface area contributed by atoms with Gasteiger partial charge in [-0.2, -0.15) is 10.2 Å². The monoisotopic (exact) mass is 406 g/mol. The highest BCUT2D eigenvalue weighted by Crippen LogP contribution is 2.40. The summed E-state index contributed by atoms with van der Waals surface area (Å²) in [5, 5.41) is 12.1. The average Bonchev–Trinajstić information content (AvgIpc) is 3.25. The zero-order valence-electron chi connectivity index (χ0n) is 15.7. The van der Waals surface area contributed by atoms with Gasteiger partial charge in [0.2, 0.25) is 5.88 Å². The van der Waals surface area contributed by atoms with E-state index in [4.69, 9.17) is 14.7 Å². The minimum Gasteiger partial charge on any atom is -0.438 e. The molecular weight excluding hydrogens is 392 g/mol. The van der Waals surface area contributed by atoms with Crippen LogP contribution >= 0.6 is 11.3 Å². The second kappa shape index (κ2) is 7.74. The molecule has 0 saturated carbocycles. The third-order valence-electron chi connectivity index (χ3n) is 4.58. The van der Waals surface area contributed by atoms with Crippen molar-refractivity contribution in [1.29, 1.82) is 5.26 Å². The Morgan fingerprint density at radius 2 is 1.77 bits per heavy atom. The van der Waals surface area contributed by atoms with Crippen molar-refractivity contribution in [3.8, 4) is 40.2 Å². The van der Waals surface area contributed by atoms with E-state index < -0.39 is 0 Å². The van der Waals surface area contributed by atoms with Crippen molar-refractivity contribution in [2.45, 2.75) is 0 Å². The van der Waals surface area contributed by atoms with E-state index in [1.165, 1.54) is 0 Å². The van der Waals surface area contributed by atoms with Gasteiger partial charge in [0.1, 0.15) is 10.6 Å². The molecule has 5 rings (SSSR count). The van der Waals surface area contributed by atoms with E-state index in [2.05, 4.69) is 28.6 Å². The Bertz CT molecular complexity index is 1380. The van der Waals surface area contributed by atoms with E-state index in [1.54, 1.807) is 41.9 Å². The number of benzene rings is 2. The number of thiophene rings is 1. The quantitative estimate of drug-likeness (QED) is 0.361. The molecule has 0 bridgehead atoms. The highest BCUT2D eigenvalue weighted by atomic mass is 32.1. The first-order valence-electron chi connectivity index (χ1n) is 9.25. The van der Waals surface area contributed by atoms with Crippen LogP contribution in [0.4, 0.5) is 0 Å². The van der Waals surface area contributed by atoms with Gasteiger partial charge < -0.3 is 4.74 Å². The summed E-state index contributed by atoms with van der Waals surface area (Å²) in [5.74, 6) is 1.55. The molecule has 3 aromatic heterocycles. The molecule has 5 aromatic rings. The van der Waals surface area contributed by atoms with Crippen LogP contribution in [0.2, 0.25) is 0 Å². The van der Waals surface area contributed by atoms with Crippen LogP contribution in [0.25, 0.3) is 32.7 Å². The lowest BCUT2D eigenvalue weighted by Crippen LogP contribution is -1.96. The number of fused-ring (bicyclic) bond motifs is 1. The van der Waals surface area contributed by atoms with Gasteiger partial charge in [-0.3, -0.25) is 4.98 Å². The maximum Gasteiger partial charge on any atom is 0.232 e. The second-order valence-corrected chi connectivity index (χ2v) is 7.39. The summed E-state index contributed by atoms with van der Waals surface area (Å²) in [4.78, 5) is 14.5. The fourth-order valence-electron chi connectivity index (χ4n) is 3.18. The topological polar surface area (TPSA) is 71.7 Å². The van der Waals surface area contributed by atoms with Crippen LogP contribution in [0.3, 0.4) is 0 Å². The molecule has 2 aromatic carbocycles.